The van der Waals surface area contributed by atoms with Crippen LogP contribution in [-0.4, -0.2) is 24.2 Å². The number of piperidine rings is 1. The highest BCUT2D eigenvalue weighted by molar-refractivity contribution is 5.81. The number of carbonyl (C=O) groups is 1. The van der Waals surface area contributed by atoms with E-state index in [0.29, 0.717) is 12.8 Å². The first-order valence-corrected chi connectivity index (χ1v) is 5.66. The lowest BCUT2D eigenvalue weighted by molar-refractivity contribution is -0.145. The van der Waals surface area contributed by atoms with E-state index in [1.54, 1.807) is 0 Å². The Morgan fingerprint density at radius 2 is 2.06 bits per heavy atom. The van der Waals surface area contributed by atoms with Gasteiger partial charge in [-0.05, 0) is 38.4 Å². The van der Waals surface area contributed by atoms with E-state index in [9.17, 15) is 9.90 Å². The van der Waals surface area contributed by atoms with Gasteiger partial charge in [-0.1, -0.05) is 29.8 Å². The third-order valence-electron chi connectivity index (χ3n) is 3.44. The van der Waals surface area contributed by atoms with E-state index in [1.807, 2.05) is 31.2 Å². The van der Waals surface area contributed by atoms with Crippen LogP contribution in [0.3, 0.4) is 0 Å². The minimum absolute atomic E-state index is 0.672. The van der Waals surface area contributed by atoms with Crippen molar-refractivity contribution in [3.63, 3.8) is 0 Å². The Labute approximate surface area is 95.5 Å². The maximum absolute atomic E-state index is 11.6. The molecule has 16 heavy (non-hydrogen) atoms. The molecule has 1 fully saturated rings. The van der Waals surface area contributed by atoms with Crippen molar-refractivity contribution in [2.24, 2.45) is 0 Å². The van der Waals surface area contributed by atoms with Crippen molar-refractivity contribution in [2.45, 2.75) is 25.2 Å². The van der Waals surface area contributed by atoms with Crippen LogP contribution in [-0.2, 0) is 10.2 Å². The number of hydrogen-bond donors (Lipinski definition) is 2. The Morgan fingerprint density at radius 1 is 1.38 bits per heavy atom. The Balaban J connectivity index is 2.42. The molecule has 0 atom stereocenters. The first-order valence-electron chi connectivity index (χ1n) is 5.66. The number of carboxylic acid groups (broad SMARTS) is 1. The smallest absolute Gasteiger partial charge is 0.314 e. The molecule has 3 heteroatoms. The second kappa shape index (κ2) is 4.26. The van der Waals surface area contributed by atoms with Gasteiger partial charge in [0.15, 0.2) is 0 Å². The van der Waals surface area contributed by atoms with Gasteiger partial charge in [-0.15, -0.1) is 0 Å². The number of aliphatic carboxylic acids is 1. The number of carboxylic acids is 1. The predicted molar refractivity (Wildman–Crippen MR) is 62.6 cm³/mol. The molecule has 2 rings (SSSR count). The van der Waals surface area contributed by atoms with E-state index in [0.717, 1.165) is 24.2 Å². The quantitative estimate of drug-likeness (QED) is 0.796. The molecule has 0 bridgehead atoms. The largest absolute Gasteiger partial charge is 0.481 e. The summed E-state index contributed by atoms with van der Waals surface area (Å²) in [7, 11) is 0. The minimum atomic E-state index is -0.695. The molecule has 1 aliphatic rings. The van der Waals surface area contributed by atoms with Crippen LogP contribution in [0.25, 0.3) is 0 Å². The maximum atomic E-state index is 11.6. The topological polar surface area (TPSA) is 49.3 Å². The highest BCUT2D eigenvalue weighted by Gasteiger charge is 2.41. The van der Waals surface area contributed by atoms with Crippen molar-refractivity contribution in [3.05, 3.63) is 35.4 Å². The molecule has 1 aromatic carbocycles. The number of hydrogen-bond acceptors (Lipinski definition) is 2. The lowest BCUT2D eigenvalue weighted by Gasteiger charge is -2.34. The SMILES string of the molecule is Cc1cccc(C2(C(=O)O)CCNCC2)c1. The molecule has 1 aromatic rings. The fourth-order valence-corrected chi connectivity index (χ4v) is 2.42. The summed E-state index contributed by atoms with van der Waals surface area (Å²) < 4.78 is 0. The summed E-state index contributed by atoms with van der Waals surface area (Å²) in [5.74, 6) is -0.695. The van der Waals surface area contributed by atoms with Gasteiger partial charge in [-0.2, -0.15) is 0 Å². The molecule has 1 aliphatic heterocycles. The third-order valence-corrected chi connectivity index (χ3v) is 3.44. The molecule has 2 N–H and O–H groups in total. The maximum Gasteiger partial charge on any atom is 0.314 e. The average molecular weight is 219 g/mol. The highest BCUT2D eigenvalue weighted by Crippen LogP contribution is 2.34. The molecule has 0 unspecified atom stereocenters. The number of nitrogens with one attached hydrogen (secondary N) is 1. The molecule has 0 saturated carbocycles. The normalized spacial score (nSPS) is 19.3. The lowest BCUT2D eigenvalue weighted by Crippen LogP contribution is -2.45. The first kappa shape index (κ1) is 11.1. The van der Waals surface area contributed by atoms with Crippen LogP contribution in [0.5, 0.6) is 0 Å². The van der Waals surface area contributed by atoms with Crippen LogP contribution >= 0.6 is 0 Å². The van der Waals surface area contributed by atoms with Crippen molar-refractivity contribution in [1.29, 1.82) is 0 Å². The third kappa shape index (κ3) is 1.83. The average Bonchev–Trinajstić information content (AvgIpc) is 2.30. The fourth-order valence-electron chi connectivity index (χ4n) is 2.42. The molecule has 3 nitrogen and oxygen atoms in total. The first-order chi connectivity index (χ1) is 7.65. The van der Waals surface area contributed by atoms with Gasteiger partial charge in [0.1, 0.15) is 0 Å². The van der Waals surface area contributed by atoms with Crippen LogP contribution in [0.15, 0.2) is 24.3 Å². The molecular formula is C13H17NO2. The number of aryl methyl sites for hydroxylation is 1. The molecule has 1 heterocycles. The van der Waals surface area contributed by atoms with Crippen molar-refractivity contribution in [1.82, 2.24) is 5.32 Å². The zero-order chi connectivity index (χ0) is 11.6. The van der Waals surface area contributed by atoms with Gasteiger partial charge < -0.3 is 10.4 Å². The van der Waals surface area contributed by atoms with E-state index in [2.05, 4.69) is 5.32 Å². The summed E-state index contributed by atoms with van der Waals surface area (Å²) >= 11 is 0. The summed E-state index contributed by atoms with van der Waals surface area (Å²) in [6.45, 7) is 3.56. The van der Waals surface area contributed by atoms with E-state index in [-0.39, 0.29) is 0 Å². The van der Waals surface area contributed by atoms with Crippen LogP contribution in [0.2, 0.25) is 0 Å². The van der Waals surface area contributed by atoms with Gasteiger partial charge in [0.05, 0.1) is 5.41 Å². The Morgan fingerprint density at radius 3 is 2.62 bits per heavy atom. The van der Waals surface area contributed by atoms with Gasteiger partial charge in [-0.25, -0.2) is 0 Å². The second-order valence-electron chi connectivity index (χ2n) is 4.51. The van der Waals surface area contributed by atoms with Crippen LogP contribution in [0.1, 0.15) is 24.0 Å². The van der Waals surface area contributed by atoms with Crippen molar-refractivity contribution < 1.29 is 9.90 Å². The zero-order valence-corrected chi connectivity index (χ0v) is 9.49. The van der Waals surface area contributed by atoms with Gasteiger partial charge in [0.2, 0.25) is 0 Å². The van der Waals surface area contributed by atoms with Crippen molar-refractivity contribution >= 4 is 5.97 Å². The van der Waals surface area contributed by atoms with Crippen LogP contribution in [0.4, 0.5) is 0 Å². The summed E-state index contributed by atoms with van der Waals surface area (Å²) in [6, 6.07) is 7.88. The monoisotopic (exact) mass is 219 g/mol. The Kier molecular flexibility index (Phi) is 2.97. The molecule has 0 radical (unpaired) electrons. The zero-order valence-electron chi connectivity index (χ0n) is 9.49. The van der Waals surface area contributed by atoms with E-state index >= 15 is 0 Å². The standard InChI is InChI=1S/C13H17NO2/c1-10-3-2-4-11(9-10)13(12(15)16)5-7-14-8-6-13/h2-4,9,14H,5-8H2,1H3,(H,15,16). The van der Waals surface area contributed by atoms with Gasteiger partial charge in [0, 0.05) is 0 Å². The lowest BCUT2D eigenvalue weighted by atomic mass is 9.73. The van der Waals surface area contributed by atoms with Gasteiger partial charge in [0.25, 0.3) is 0 Å². The summed E-state index contributed by atoms with van der Waals surface area (Å²) in [4.78, 5) is 11.6. The second-order valence-corrected chi connectivity index (χ2v) is 4.51. The fraction of sp³-hybridized carbons (Fsp3) is 0.462. The van der Waals surface area contributed by atoms with Crippen molar-refractivity contribution in [2.75, 3.05) is 13.1 Å². The molecular weight excluding hydrogens is 202 g/mol. The summed E-state index contributed by atoms with van der Waals surface area (Å²) in [5, 5.41) is 12.7. The Hall–Kier alpha value is -1.35. The van der Waals surface area contributed by atoms with E-state index in [1.165, 1.54) is 0 Å². The molecule has 0 aliphatic carbocycles. The van der Waals surface area contributed by atoms with E-state index < -0.39 is 11.4 Å². The van der Waals surface area contributed by atoms with Gasteiger partial charge >= 0.3 is 5.97 Å². The Bertz CT molecular complexity index is 395. The van der Waals surface area contributed by atoms with Crippen molar-refractivity contribution in [3.8, 4) is 0 Å². The van der Waals surface area contributed by atoms with Gasteiger partial charge in [-0.3, -0.25) is 4.79 Å². The van der Waals surface area contributed by atoms with E-state index in [4.69, 9.17) is 0 Å². The van der Waals surface area contributed by atoms with Crippen LogP contribution in [0, 0.1) is 6.92 Å². The molecule has 1 saturated heterocycles. The summed E-state index contributed by atoms with van der Waals surface area (Å²) in [6.07, 6.45) is 1.34. The number of benzene rings is 1. The molecule has 0 amide bonds. The molecule has 86 valence electrons. The minimum Gasteiger partial charge on any atom is -0.481 e. The number of rotatable bonds is 2. The molecule has 0 spiro atoms. The van der Waals surface area contributed by atoms with Crippen LogP contribution < -0.4 is 5.32 Å². The molecule has 0 aromatic heterocycles. The predicted octanol–water partition coefficient (Wildman–Crippen LogP) is 1.70. The highest BCUT2D eigenvalue weighted by atomic mass is 16.4. The summed E-state index contributed by atoms with van der Waals surface area (Å²) in [5.41, 5.74) is 1.38.